The van der Waals surface area contributed by atoms with E-state index in [-0.39, 0.29) is 5.91 Å². The van der Waals surface area contributed by atoms with E-state index in [9.17, 15) is 4.79 Å². The lowest BCUT2D eigenvalue weighted by Crippen LogP contribution is -2.49. The normalized spacial score (nSPS) is 16.2. The maximum atomic E-state index is 12.6. The van der Waals surface area contributed by atoms with Gasteiger partial charge in [0.15, 0.2) is 5.69 Å². The van der Waals surface area contributed by atoms with E-state index in [0.717, 1.165) is 49.2 Å². The zero-order valence-electron chi connectivity index (χ0n) is 13.8. The van der Waals surface area contributed by atoms with E-state index >= 15 is 0 Å². The molecule has 0 aliphatic carbocycles. The van der Waals surface area contributed by atoms with E-state index < -0.39 is 0 Å². The second-order valence-electron chi connectivity index (χ2n) is 6.46. The summed E-state index contributed by atoms with van der Waals surface area (Å²) >= 11 is 1.64. The van der Waals surface area contributed by atoms with Gasteiger partial charge in [-0.15, -0.1) is 11.3 Å². The third kappa shape index (κ3) is 4.00. The molecule has 0 atom stereocenters. The second-order valence-corrected chi connectivity index (χ2v) is 7.41. The number of aromatic amines is 1. The summed E-state index contributed by atoms with van der Waals surface area (Å²) in [5, 5.41) is 9.20. The third-order valence-electron chi connectivity index (χ3n) is 4.27. The minimum atomic E-state index is 0.0348. The summed E-state index contributed by atoms with van der Waals surface area (Å²) in [5.41, 5.74) is 1.43. The quantitative estimate of drug-likeness (QED) is 0.916. The zero-order valence-corrected chi connectivity index (χ0v) is 14.6. The number of H-pyrrole nitrogens is 1. The van der Waals surface area contributed by atoms with E-state index in [4.69, 9.17) is 0 Å². The molecule has 1 saturated heterocycles. The number of rotatable bonds is 5. The number of thiophene rings is 1. The summed E-state index contributed by atoms with van der Waals surface area (Å²) in [6, 6.07) is 5.89. The van der Waals surface area contributed by atoms with E-state index in [2.05, 4.69) is 28.9 Å². The SMILES string of the molecule is CC(C)CCN1CCN(C(=O)c2cc(-c3cccs3)[nH]n2)CC1. The summed E-state index contributed by atoms with van der Waals surface area (Å²) < 4.78 is 0. The molecule has 1 aliphatic heterocycles. The van der Waals surface area contributed by atoms with Crippen molar-refractivity contribution < 1.29 is 4.79 Å². The predicted octanol–water partition coefficient (Wildman–Crippen LogP) is 2.94. The van der Waals surface area contributed by atoms with Crippen LogP contribution in [0.1, 0.15) is 30.8 Å². The summed E-state index contributed by atoms with van der Waals surface area (Å²) in [6.45, 7) is 9.13. The van der Waals surface area contributed by atoms with Crippen molar-refractivity contribution in [1.82, 2.24) is 20.0 Å². The maximum Gasteiger partial charge on any atom is 0.274 e. The summed E-state index contributed by atoms with van der Waals surface area (Å²) in [5.74, 6) is 0.766. The molecular formula is C17H24N4OS. The molecule has 124 valence electrons. The molecule has 0 unspecified atom stereocenters. The molecule has 1 aliphatic rings. The van der Waals surface area contributed by atoms with E-state index in [1.807, 2.05) is 28.5 Å². The topological polar surface area (TPSA) is 52.2 Å². The minimum absolute atomic E-state index is 0.0348. The molecule has 3 heterocycles. The Balaban J connectivity index is 1.55. The average molecular weight is 332 g/mol. The molecule has 2 aromatic rings. The van der Waals surface area contributed by atoms with Gasteiger partial charge in [0.1, 0.15) is 0 Å². The first-order valence-electron chi connectivity index (χ1n) is 8.24. The van der Waals surface area contributed by atoms with Crippen LogP contribution in [0.3, 0.4) is 0 Å². The van der Waals surface area contributed by atoms with Crippen LogP contribution in [-0.4, -0.2) is 58.6 Å². The standard InChI is InChI=1S/C17H24N4OS/c1-13(2)5-6-20-7-9-21(10-8-20)17(22)15-12-14(18-19-15)16-4-3-11-23-16/h3-4,11-13H,5-10H2,1-2H3,(H,18,19). The summed E-state index contributed by atoms with van der Waals surface area (Å²) in [6.07, 6.45) is 1.22. The number of nitrogens with one attached hydrogen (secondary N) is 1. The van der Waals surface area contributed by atoms with Crippen LogP contribution in [0, 0.1) is 5.92 Å². The Morgan fingerprint density at radius 3 is 2.78 bits per heavy atom. The van der Waals surface area contributed by atoms with Crippen molar-refractivity contribution in [2.75, 3.05) is 32.7 Å². The van der Waals surface area contributed by atoms with E-state index in [1.54, 1.807) is 11.3 Å². The molecule has 0 saturated carbocycles. The van der Waals surface area contributed by atoms with Crippen molar-refractivity contribution in [3.05, 3.63) is 29.3 Å². The van der Waals surface area contributed by atoms with Crippen LogP contribution in [0.5, 0.6) is 0 Å². The van der Waals surface area contributed by atoms with Crippen LogP contribution in [0.15, 0.2) is 23.6 Å². The lowest BCUT2D eigenvalue weighted by molar-refractivity contribution is 0.0626. The van der Waals surface area contributed by atoms with Crippen LogP contribution < -0.4 is 0 Å². The summed E-state index contributed by atoms with van der Waals surface area (Å²) in [7, 11) is 0. The second kappa shape index (κ2) is 7.27. The highest BCUT2D eigenvalue weighted by atomic mass is 32.1. The first kappa shape index (κ1) is 16.2. The lowest BCUT2D eigenvalue weighted by Gasteiger charge is -2.34. The number of hydrogen-bond acceptors (Lipinski definition) is 4. The van der Waals surface area contributed by atoms with Gasteiger partial charge in [0.2, 0.25) is 0 Å². The molecule has 5 nitrogen and oxygen atoms in total. The number of carbonyl (C=O) groups is 1. The summed E-state index contributed by atoms with van der Waals surface area (Å²) in [4.78, 5) is 18.1. The lowest BCUT2D eigenvalue weighted by atomic mass is 10.1. The van der Waals surface area contributed by atoms with Gasteiger partial charge >= 0.3 is 0 Å². The molecule has 1 amide bonds. The van der Waals surface area contributed by atoms with Crippen molar-refractivity contribution in [3.63, 3.8) is 0 Å². The van der Waals surface area contributed by atoms with Crippen molar-refractivity contribution >= 4 is 17.2 Å². The van der Waals surface area contributed by atoms with E-state index in [0.29, 0.717) is 5.69 Å². The molecule has 23 heavy (non-hydrogen) atoms. The highest BCUT2D eigenvalue weighted by molar-refractivity contribution is 7.13. The molecular weight excluding hydrogens is 308 g/mol. The number of aromatic nitrogens is 2. The fourth-order valence-electron chi connectivity index (χ4n) is 2.77. The number of carbonyl (C=O) groups excluding carboxylic acids is 1. The Morgan fingerprint density at radius 2 is 2.13 bits per heavy atom. The van der Waals surface area contributed by atoms with Gasteiger partial charge in [0.05, 0.1) is 10.6 Å². The zero-order chi connectivity index (χ0) is 16.2. The Bertz CT molecular complexity index is 627. The fraction of sp³-hybridized carbons (Fsp3) is 0.529. The Labute approximate surface area is 141 Å². The van der Waals surface area contributed by atoms with Crippen LogP contribution in [0.4, 0.5) is 0 Å². The molecule has 0 bridgehead atoms. The molecule has 2 aromatic heterocycles. The molecule has 6 heteroatoms. The average Bonchev–Trinajstić information content (AvgIpc) is 3.23. The number of hydrogen-bond donors (Lipinski definition) is 1. The third-order valence-corrected chi connectivity index (χ3v) is 5.17. The van der Waals surface area contributed by atoms with Gasteiger partial charge in [0.25, 0.3) is 5.91 Å². The molecule has 0 radical (unpaired) electrons. The van der Waals surface area contributed by atoms with Gasteiger partial charge in [-0.05, 0) is 36.4 Å². The fourth-order valence-corrected chi connectivity index (χ4v) is 3.46. The molecule has 1 N–H and O–H groups in total. The van der Waals surface area contributed by atoms with Crippen LogP contribution in [0.2, 0.25) is 0 Å². The van der Waals surface area contributed by atoms with Crippen LogP contribution in [0.25, 0.3) is 10.6 Å². The number of amides is 1. The monoisotopic (exact) mass is 332 g/mol. The Morgan fingerprint density at radius 1 is 1.35 bits per heavy atom. The van der Waals surface area contributed by atoms with Gasteiger partial charge in [-0.3, -0.25) is 14.8 Å². The smallest absolute Gasteiger partial charge is 0.274 e. The molecule has 0 aromatic carbocycles. The maximum absolute atomic E-state index is 12.6. The largest absolute Gasteiger partial charge is 0.335 e. The van der Waals surface area contributed by atoms with Gasteiger partial charge in [-0.2, -0.15) is 5.10 Å². The predicted molar refractivity (Wildman–Crippen MR) is 93.7 cm³/mol. The van der Waals surface area contributed by atoms with Gasteiger partial charge in [-0.25, -0.2) is 0 Å². The van der Waals surface area contributed by atoms with Gasteiger partial charge in [0, 0.05) is 26.2 Å². The highest BCUT2D eigenvalue weighted by Crippen LogP contribution is 2.23. The van der Waals surface area contributed by atoms with E-state index in [1.165, 1.54) is 6.42 Å². The van der Waals surface area contributed by atoms with Gasteiger partial charge < -0.3 is 4.90 Å². The van der Waals surface area contributed by atoms with Crippen molar-refractivity contribution in [2.24, 2.45) is 5.92 Å². The van der Waals surface area contributed by atoms with Crippen molar-refractivity contribution in [1.29, 1.82) is 0 Å². The van der Waals surface area contributed by atoms with Gasteiger partial charge in [-0.1, -0.05) is 19.9 Å². The number of nitrogens with zero attached hydrogens (tertiary/aromatic N) is 3. The minimum Gasteiger partial charge on any atom is -0.335 e. The Kier molecular flexibility index (Phi) is 5.13. The molecule has 3 rings (SSSR count). The van der Waals surface area contributed by atoms with Crippen molar-refractivity contribution in [2.45, 2.75) is 20.3 Å². The van der Waals surface area contributed by atoms with Crippen molar-refractivity contribution in [3.8, 4) is 10.6 Å². The van der Waals surface area contributed by atoms with Crippen LogP contribution >= 0.6 is 11.3 Å². The first-order valence-corrected chi connectivity index (χ1v) is 9.12. The van der Waals surface area contributed by atoms with Crippen LogP contribution in [-0.2, 0) is 0 Å². The molecule has 1 fully saturated rings. The first-order chi connectivity index (χ1) is 11.1. The molecule has 0 spiro atoms. The number of piperazine rings is 1. The highest BCUT2D eigenvalue weighted by Gasteiger charge is 2.24. The Hall–Kier alpha value is -1.66.